The molecular weight excluding hydrogens is 392 g/mol. The fraction of sp³-hybridized carbons (Fsp3) is 0.577. The molecule has 4 rings (SSSR count). The normalized spacial score (nSPS) is 21.8. The zero-order valence-electron chi connectivity index (χ0n) is 19.1. The van der Waals surface area contributed by atoms with Gasteiger partial charge in [0.1, 0.15) is 12.4 Å². The lowest BCUT2D eigenvalue weighted by Crippen LogP contribution is -2.14. The number of carbonyl (C=O) groups excluding carboxylic acids is 1. The Labute approximate surface area is 184 Å². The van der Waals surface area contributed by atoms with Crippen LogP contribution in [0.1, 0.15) is 82.4 Å². The van der Waals surface area contributed by atoms with Crippen molar-refractivity contribution in [2.75, 3.05) is 6.61 Å². The molecule has 0 saturated heterocycles. The number of hydrogen-bond acceptors (Lipinski definition) is 4. The Morgan fingerprint density at radius 1 is 1.30 bits per heavy atom. The molecule has 3 atom stereocenters. The van der Waals surface area contributed by atoms with E-state index in [9.17, 15) is 9.90 Å². The predicted octanol–water partition coefficient (Wildman–Crippen LogP) is 5.80. The number of Topliss-reactive ketones (excluding diaryl/α,β-unsaturated/α-hetero) is 1. The Kier molecular flexibility index (Phi) is 5.61. The number of ketones is 1. The van der Waals surface area contributed by atoms with Gasteiger partial charge in [0.05, 0.1) is 11.0 Å². The van der Waals surface area contributed by atoms with Crippen LogP contribution in [-0.4, -0.2) is 23.6 Å². The standard InChI is InChI=1S/C26H34O3S/c1-7-21-22-18(12-19-23(22)26(19,5)6)25(30-21)20(28)9-8-17-10-14(2)24(15(3)11-17)29-13-16(4)27/h10-11,16,19,23,27H,7-9,12-13H2,1-6H3/t16?,19-,23-/m0/s1. The molecule has 0 radical (unpaired) electrons. The van der Waals surface area contributed by atoms with E-state index in [0.717, 1.165) is 46.9 Å². The second-order valence-corrected chi connectivity index (χ2v) is 11.0. The molecule has 2 aliphatic carbocycles. The van der Waals surface area contributed by atoms with Gasteiger partial charge < -0.3 is 9.84 Å². The Morgan fingerprint density at radius 3 is 2.57 bits per heavy atom. The summed E-state index contributed by atoms with van der Waals surface area (Å²) in [4.78, 5) is 15.6. The van der Waals surface area contributed by atoms with E-state index < -0.39 is 6.10 Å². The van der Waals surface area contributed by atoms with Crippen LogP contribution in [0.2, 0.25) is 0 Å². The number of aliphatic hydroxyl groups excluding tert-OH is 1. The van der Waals surface area contributed by atoms with Crippen LogP contribution >= 0.6 is 11.3 Å². The molecule has 1 aromatic heterocycles. The van der Waals surface area contributed by atoms with Crippen molar-refractivity contribution < 1.29 is 14.6 Å². The largest absolute Gasteiger partial charge is 0.490 e. The first-order valence-corrected chi connectivity index (χ1v) is 12.0. The summed E-state index contributed by atoms with van der Waals surface area (Å²) in [6, 6.07) is 4.23. The van der Waals surface area contributed by atoms with Crippen molar-refractivity contribution in [2.45, 2.75) is 79.2 Å². The first-order valence-electron chi connectivity index (χ1n) is 11.2. The van der Waals surface area contributed by atoms with Crippen LogP contribution in [0.15, 0.2) is 12.1 Å². The fourth-order valence-electron chi connectivity index (χ4n) is 5.49. The highest BCUT2D eigenvalue weighted by Gasteiger charge is 2.63. The van der Waals surface area contributed by atoms with E-state index in [1.54, 1.807) is 18.3 Å². The number of aryl methyl sites for hydroxylation is 4. The molecule has 162 valence electrons. The quantitative estimate of drug-likeness (QED) is 0.543. The second kappa shape index (κ2) is 7.80. The minimum absolute atomic E-state index is 0.293. The molecule has 1 saturated carbocycles. The van der Waals surface area contributed by atoms with E-state index in [4.69, 9.17) is 4.74 Å². The number of fused-ring (bicyclic) bond motifs is 3. The number of benzene rings is 1. The van der Waals surface area contributed by atoms with Crippen LogP contribution in [0.4, 0.5) is 0 Å². The fourth-order valence-corrected chi connectivity index (χ4v) is 6.77. The summed E-state index contributed by atoms with van der Waals surface area (Å²) >= 11 is 1.76. The van der Waals surface area contributed by atoms with Gasteiger partial charge in [-0.15, -0.1) is 11.3 Å². The molecule has 1 heterocycles. The third-order valence-corrected chi connectivity index (χ3v) is 8.55. The topological polar surface area (TPSA) is 46.5 Å². The molecule has 30 heavy (non-hydrogen) atoms. The van der Waals surface area contributed by atoms with Crippen LogP contribution < -0.4 is 4.74 Å². The van der Waals surface area contributed by atoms with Crippen LogP contribution in [0.3, 0.4) is 0 Å². The molecule has 3 nitrogen and oxygen atoms in total. The number of thiophene rings is 1. The SMILES string of the molecule is CCc1sc(C(=O)CCc2cc(C)c(OCC(C)O)c(C)c2)c2c1[C@@H]1[C@H](C2)C1(C)C. The number of aliphatic hydroxyl groups is 1. The van der Waals surface area contributed by atoms with E-state index in [-0.39, 0.29) is 0 Å². The van der Waals surface area contributed by atoms with Gasteiger partial charge in [-0.2, -0.15) is 0 Å². The summed E-state index contributed by atoms with van der Waals surface area (Å²) < 4.78 is 5.76. The smallest absolute Gasteiger partial charge is 0.173 e. The molecule has 0 bridgehead atoms. The molecule has 1 unspecified atom stereocenters. The molecule has 1 N–H and O–H groups in total. The number of carbonyl (C=O) groups is 1. The molecule has 1 aromatic carbocycles. The van der Waals surface area contributed by atoms with Gasteiger partial charge in [-0.25, -0.2) is 0 Å². The summed E-state index contributed by atoms with van der Waals surface area (Å²) in [6.07, 6.45) is 2.95. The minimum Gasteiger partial charge on any atom is -0.490 e. The zero-order valence-corrected chi connectivity index (χ0v) is 19.9. The van der Waals surface area contributed by atoms with Crippen molar-refractivity contribution in [3.63, 3.8) is 0 Å². The predicted molar refractivity (Wildman–Crippen MR) is 123 cm³/mol. The second-order valence-electron chi connectivity index (χ2n) is 9.85. The third-order valence-electron chi connectivity index (χ3n) is 7.11. The van der Waals surface area contributed by atoms with Crippen LogP contribution in [-0.2, 0) is 19.3 Å². The van der Waals surface area contributed by atoms with E-state index in [2.05, 4.69) is 32.9 Å². The van der Waals surface area contributed by atoms with Crippen molar-refractivity contribution in [3.05, 3.63) is 49.7 Å². The Bertz CT molecular complexity index is 959. The third kappa shape index (κ3) is 3.62. The van der Waals surface area contributed by atoms with Gasteiger partial charge in [0.2, 0.25) is 0 Å². The molecule has 4 heteroatoms. The number of ether oxygens (including phenoxy) is 1. The summed E-state index contributed by atoms with van der Waals surface area (Å²) in [5.74, 6) is 2.57. The van der Waals surface area contributed by atoms with Crippen molar-refractivity contribution in [2.24, 2.45) is 11.3 Å². The van der Waals surface area contributed by atoms with Gasteiger partial charge in [0, 0.05) is 11.3 Å². The molecule has 0 aliphatic heterocycles. The van der Waals surface area contributed by atoms with Crippen molar-refractivity contribution in [1.29, 1.82) is 0 Å². The Morgan fingerprint density at radius 2 is 1.97 bits per heavy atom. The molecule has 2 aromatic rings. The lowest BCUT2D eigenvalue weighted by Gasteiger charge is -2.15. The number of hydrogen-bond donors (Lipinski definition) is 1. The van der Waals surface area contributed by atoms with Gasteiger partial charge in [-0.05, 0) is 85.1 Å². The van der Waals surface area contributed by atoms with Gasteiger partial charge in [0.25, 0.3) is 0 Å². The first-order chi connectivity index (χ1) is 14.1. The summed E-state index contributed by atoms with van der Waals surface area (Å²) in [7, 11) is 0. The lowest BCUT2D eigenvalue weighted by molar-refractivity contribution is 0.0985. The van der Waals surface area contributed by atoms with E-state index >= 15 is 0 Å². The van der Waals surface area contributed by atoms with E-state index in [0.29, 0.717) is 30.1 Å². The van der Waals surface area contributed by atoms with Crippen LogP contribution in [0, 0.1) is 25.2 Å². The summed E-state index contributed by atoms with van der Waals surface area (Å²) in [5, 5.41) is 9.48. The molecule has 0 spiro atoms. The molecule has 1 fully saturated rings. The first kappa shape index (κ1) is 21.6. The van der Waals surface area contributed by atoms with Gasteiger partial charge >= 0.3 is 0 Å². The number of rotatable bonds is 8. The molecule has 0 amide bonds. The maximum atomic E-state index is 13.2. The van der Waals surface area contributed by atoms with E-state index in [1.807, 2.05) is 13.8 Å². The Balaban J connectivity index is 1.47. The van der Waals surface area contributed by atoms with Crippen LogP contribution in [0.25, 0.3) is 0 Å². The zero-order chi connectivity index (χ0) is 21.8. The summed E-state index contributed by atoms with van der Waals surface area (Å²) in [6.45, 7) is 13.1. The highest BCUT2D eigenvalue weighted by Crippen LogP contribution is 2.71. The summed E-state index contributed by atoms with van der Waals surface area (Å²) in [5.41, 5.74) is 6.63. The highest BCUT2D eigenvalue weighted by molar-refractivity contribution is 7.14. The average molecular weight is 427 g/mol. The van der Waals surface area contributed by atoms with Crippen LogP contribution in [0.5, 0.6) is 5.75 Å². The highest BCUT2D eigenvalue weighted by atomic mass is 32.1. The van der Waals surface area contributed by atoms with Crippen molar-refractivity contribution >= 4 is 17.1 Å². The maximum Gasteiger partial charge on any atom is 0.173 e. The maximum absolute atomic E-state index is 13.2. The van der Waals surface area contributed by atoms with Gasteiger partial charge in [-0.1, -0.05) is 32.9 Å². The minimum atomic E-state index is -0.488. The van der Waals surface area contributed by atoms with Crippen molar-refractivity contribution in [1.82, 2.24) is 0 Å². The van der Waals surface area contributed by atoms with Gasteiger partial charge in [-0.3, -0.25) is 4.79 Å². The molecular formula is C26H34O3S. The van der Waals surface area contributed by atoms with Crippen molar-refractivity contribution in [3.8, 4) is 5.75 Å². The average Bonchev–Trinajstić information content (AvgIpc) is 3.02. The van der Waals surface area contributed by atoms with E-state index in [1.165, 1.54) is 21.6 Å². The lowest BCUT2D eigenvalue weighted by atomic mass is 9.93. The Hall–Kier alpha value is -1.65. The molecule has 2 aliphatic rings. The van der Waals surface area contributed by atoms with Gasteiger partial charge in [0.15, 0.2) is 5.78 Å². The monoisotopic (exact) mass is 426 g/mol.